The van der Waals surface area contributed by atoms with Crippen molar-refractivity contribution in [1.82, 2.24) is 5.06 Å². The molecule has 0 bridgehead atoms. The van der Waals surface area contributed by atoms with Crippen LogP contribution in [0.5, 0.6) is 0 Å². The molecule has 0 spiro atoms. The number of fused-ring (bicyclic) bond motifs is 1. The number of carbonyl (C=O) groups is 3. The number of rotatable bonds is 3. The van der Waals surface area contributed by atoms with E-state index in [0.717, 1.165) is 11.3 Å². The van der Waals surface area contributed by atoms with E-state index in [4.69, 9.17) is 4.84 Å². The molecule has 4 rings (SSSR count). The second kappa shape index (κ2) is 6.20. The van der Waals surface area contributed by atoms with Crippen molar-refractivity contribution in [3.63, 3.8) is 0 Å². The molecule has 2 amide bonds. The maximum Gasteiger partial charge on any atom is 0.373 e. The SMILES string of the molecule is O=C(ON1C(=O)c2ccccc2C1=O)c1ccc(-c2ccccc2F)s1. The average Bonchev–Trinajstić information content (AvgIpc) is 3.23. The topological polar surface area (TPSA) is 63.7 Å². The van der Waals surface area contributed by atoms with Crippen LogP contribution in [0.15, 0.2) is 60.7 Å². The van der Waals surface area contributed by atoms with Crippen LogP contribution >= 0.6 is 11.3 Å². The summed E-state index contributed by atoms with van der Waals surface area (Å²) in [5.74, 6) is -2.64. The van der Waals surface area contributed by atoms with E-state index in [1.54, 1.807) is 36.4 Å². The number of halogens is 1. The van der Waals surface area contributed by atoms with Crippen molar-refractivity contribution in [2.24, 2.45) is 0 Å². The number of hydrogen-bond acceptors (Lipinski definition) is 5. The lowest BCUT2D eigenvalue weighted by Gasteiger charge is -2.11. The van der Waals surface area contributed by atoms with E-state index in [9.17, 15) is 18.8 Å². The van der Waals surface area contributed by atoms with Gasteiger partial charge >= 0.3 is 5.97 Å². The Hall–Kier alpha value is -3.32. The molecule has 0 unspecified atom stereocenters. The lowest BCUT2D eigenvalue weighted by molar-refractivity contribution is -0.0581. The summed E-state index contributed by atoms with van der Waals surface area (Å²) in [6, 6.07) is 15.5. The molecular formula is C19H10FNO4S. The Morgan fingerprint density at radius 3 is 2.04 bits per heavy atom. The highest BCUT2D eigenvalue weighted by Gasteiger charge is 2.39. The van der Waals surface area contributed by atoms with E-state index >= 15 is 0 Å². The number of nitrogens with zero attached hydrogens (tertiary/aromatic N) is 1. The van der Waals surface area contributed by atoms with Gasteiger partial charge in [0.25, 0.3) is 11.8 Å². The molecule has 0 radical (unpaired) electrons. The van der Waals surface area contributed by atoms with Crippen LogP contribution in [0.4, 0.5) is 4.39 Å². The Bertz CT molecular complexity index is 1020. The van der Waals surface area contributed by atoms with Gasteiger partial charge in [-0.15, -0.1) is 11.3 Å². The first-order valence-corrected chi connectivity index (χ1v) is 8.43. The molecule has 3 aromatic rings. The highest BCUT2D eigenvalue weighted by atomic mass is 32.1. The standard InChI is InChI=1S/C19H10FNO4S/c20-14-8-4-3-7-13(14)15-9-10-16(26-15)19(24)25-21-17(22)11-5-1-2-6-12(11)18(21)23/h1-10H. The van der Waals surface area contributed by atoms with Gasteiger partial charge < -0.3 is 4.84 Å². The summed E-state index contributed by atoms with van der Waals surface area (Å²) < 4.78 is 13.9. The summed E-state index contributed by atoms with van der Waals surface area (Å²) in [6.07, 6.45) is 0. The quantitative estimate of drug-likeness (QED) is 0.658. The first-order chi connectivity index (χ1) is 12.6. The van der Waals surface area contributed by atoms with Crippen LogP contribution in [0.3, 0.4) is 0 Å². The van der Waals surface area contributed by atoms with Crippen molar-refractivity contribution in [2.45, 2.75) is 0 Å². The second-order valence-electron chi connectivity index (χ2n) is 5.47. The van der Waals surface area contributed by atoms with Gasteiger partial charge in [0.05, 0.1) is 11.1 Å². The van der Waals surface area contributed by atoms with Crippen molar-refractivity contribution < 1.29 is 23.6 Å². The molecule has 2 aromatic carbocycles. The van der Waals surface area contributed by atoms with Gasteiger partial charge in [0.1, 0.15) is 10.7 Å². The van der Waals surface area contributed by atoms with E-state index in [1.165, 1.54) is 24.3 Å². The van der Waals surface area contributed by atoms with Crippen molar-refractivity contribution >= 4 is 29.1 Å². The van der Waals surface area contributed by atoms with Crippen LogP contribution < -0.4 is 0 Å². The zero-order chi connectivity index (χ0) is 18.3. The van der Waals surface area contributed by atoms with Crippen LogP contribution in [-0.4, -0.2) is 22.8 Å². The molecule has 0 saturated heterocycles. The Labute approximate surface area is 151 Å². The number of hydrogen-bond donors (Lipinski definition) is 0. The molecule has 128 valence electrons. The highest BCUT2D eigenvalue weighted by Crippen LogP contribution is 2.31. The summed E-state index contributed by atoms with van der Waals surface area (Å²) in [5.41, 5.74) is 0.726. The molecule has 5 nitrogen and oxygen atoms in total. The summed E-state index contributed by atoms with van der Waals surface area (Å²) in [7, 11) is 0. The summed E-state index contributed by atoms with van der Waals surface area (Å²) >= 11 is 1.01. The normalized spacial score (nSPS) is 13.0. The van der Waals surface area contributed by atoms with E-state index in [0.29, 0.717) is 15.5 Å². The van der Waals surface area contributed by atoms with Gasteiger partial charge in [0, 0.05) is 10.4 Å². The Kier molecular flexibility index (Phi) is 3.85. The van der Waals surface area contributed by atoms with Crippen LogP contribution in [0.2, 0.25) is 0 Å². The molecule has 0 N–H and O–H groups in total. The highest BCUT2D eigenvalue weighted by molar-refractivity contribution is 7.17. The largest absolute Gasteiger partial charge is 0.373 e. The fourth-order valence-electron chi connectivity index (χ4n) is 2.63. The van der Waals surface area contributed by atoms with Crippen molar-refractivity contribution in [2.75, 3.05) is 0 Å². The summed E-state index contributed by atoms with van der Waals surface area (Å²) in [6.45, 7) is 0. The van der Waals surface area contributed by atoms with E-state index < -0.39 is 23.6 Å². The third-order valence-electron chi connectivity index (χ3n) is 3.88. The minimum atomic E-state index is -0.855. The minimum absolute atomic E-state index is 0.153. The Morgan fingerprint density at radius 2 is 1.42 bits per heavy atom. The fourth-order valence-corrected chi connectivity index (χ4v) is 3.54. The number of imide groups is 1. The lowest BCUT2D eigenvalue weighted by atomic mass is 10.1. The molecule has 0 aliphatic carbocycles. The molecule has 0 atom stereocenters. The van der Waals surface area contributed by atoms with Crippen molar-refractivity contribution in [3.8, 4) is 10.4 Å². The summed E-state index contributed by atoms with van der Waals surface area (Å²) in [5, 5.41) is 0.454. The first-order valence-electron chi connectivity index (χ1n) is 7.61. The molecular weight excluding hydrogens is 357 g/mol. The van der Waals surface area contributed by atoms with Crippen LogP contribution in [0.1, 0.15) is 30.4 Å². The monoisotopic (exact) mass is 367 g/mol. The molecule has 0 saturated carbocycles. The lowest BCUT2D eigenvalue weighted by Crippen LogP contribution is -2.32. The molecule has 1 aromatic heterocycles. The molecule has 26 heavy (non-hydrogen) atoms. The Morgan fingerprint density at radius 1 is 0.846 bits per heavy atom. The van der Waals surface area contributed by atoms with E-state index in [1.807, 2.05) is 0 Å². The number of amides is 2. The smallest absolute Gasteiger partial charge is 0.323 e. The molecule has 1 aliphatic heterocycles. The first kappa shape index (κ1) is 16.2. The zero-order valence-corrected chi connectivity index (χ0v) is 14.0. The molecule has 2 heterocycles. The average molecular weight is 367 g/mol. The second-order valence-corrected chi connectivity index (χ2v) is 6.56. The number of hydroxylamine groups is 2. The number of carbonyl (C=O) groups excluding carboxylic acids is 3. The predicted octanol–water partition coefficient (Wildman–Crippen LogP) is 3.92. The number of benzene rings is 2. The van der Waals surface area contributed by atoms with E-state index in [-0.39, 0.29) is 16.0 Å². The van der Waals surface area contributed by atoms with Gasteiger partial charge in [-0.05, 0) is 30.3 Å². The molecule has 7 heteroatoms. The van der Waals surface area contributed by atoms with Gasteiger partial charge in [-0.25, -0.2) is 9.18 Å². The maximum absolute atomic E-state index is 13.9. The van der Waals surface area contributed by atoms with Crippen LogP contribution in [-0.2, 0) is 4.84 Å². The van der Waals surface area contributed by atoms with Gasteiger partial charge in [-0.1, -0.05) is 35.4 Å². The number of thiophene rings is 1. The zero-order valence-electron chi connectivity index (χ0n) is 13.1. The van der Waals surface area contributed by atoms with Crippen LogP contribution in [0.25, 0.3) is 10.4 Å². The van der Waals surface area contributed by atoms with Gasteiger partial charge in [0.15, 0.2) is 0 Å². The van der Waals surface area contributed by atoms with Crippen molar-refractivity contribution in [3.05, 3.63) is 82.5 Å². The third-order valence-corrected chi connectivity index (χ3v) is 4.98. The van der Waals surface area contributed by atoms with Gasteiger partial charge in [-0.3, -0.25) is 9.59 Å². The third kappa shape index (κ3) is 2.58. The van der Waals surface area contributed by atoms with Crippen LogP contribution in [0, 0.1) is 5.82 Å². The minimum Gasteiger partial charge on any atom is -0.323 e. The summed E-state index contributed by atoms with van der Waals surface area (Å²) in [4.78, 5) is 42.5. The van der Waals surface area contributed by atoms with Gasteiger partial charge in [0.2, 0.25) is 0 Å². The maximum atomic E-state index is 13.9. The molecule has 1 aliphatic rings. The predicted molar refractivity (Wildman–Crippen MR) is 92.1 cm³/mol. The van der Waals surface area contributed by atoms with Gasteiger partial charge in [-0.2, -0.15) is 0 Å². The fraction of sp³-hybridized carbons (Fsp3) is 0. The van der Waals surface area contributed by atoms with E-state index in [2.05, 4.69) is 0 Å². The molecule has 0 fully saturated rings. The Balaban J connectivity index is 1.56. The van der Waals surface area contributed by atoms with Crippen molar-refractivity contribution in [1.29, 1.82) is 0 Å².